The Labute approximate surface area is 103 Å². The first-order chi connectivity index (χ1) is 7.32. The van der Waals surface area contributed by atoms with E-state index >= 15 is 0 Å². The summed E-state index contributed by atoms with van der Waals surface area (Å²) in [6, 6.07) is 5.47. The third-order valence-corrected chi connectivity index (χ3v) is 2.92. The third kappa shape index (κ3) is 3.73. The van der Waals surface area contributed by atoms with Gasteiger partial charge in [0.25, 0.3) is 0 Å². The Hall–Kier alpha value is -0.666. The Bertz CT molecular complexity index is 396. The number of methoxy groups -OCH3 is 1. The zero-order valence-electron chi connectivity index (χ0n) is 10.1. The van der Waals surface area contributed by atoms with Crippen LogP contribution in [0.1, 0.15) is 26.3 Å². The second kappa shape index (κ2) is 5.11. The first-order valence-corrected chi connectivity index (χ1v) is 7.38. The van der Waals surface area contributed by atoms with E-state index in [0.717, 1.165) is 5.56 Å². The molecule has 0 bridgehead atoms. The molecule has 0 aliphatic rings. The van der Waals surface area contributed by atoms with Crippen LogP contribution >= 0.6 is 0 Å². The topological polar surface area (TPSA) is 18.5 Å². The van der Waals surface area contributed by atoms with Crippen molar-refractivity contribution >= 4 is 4.82 Å². The first kappa shape index (κ1) is 13.4. The number of ether oxygens (including phenoxy) is 1. The summed E-state index contributed by atoms with van der Waals surface area (Å²) in [7, 11) is 1.59. The van der Waals surface area contributed by atoms with Gasteiger partial charge in [-0.2, -0.15) is 0 Å². The van der Waals surface area contributed by atoms with Crippen molar-refractivity contribution in [3.63, 3.8) is 0 Å². The molecular weight excluding hydrogens is 243 g/mol. The monoisotopic (exact) mass is 260 g/mol. The molecule has 0 fully saturated rings. The standard InChI is InChI=1S/C11H16O2.CH2.FH.Ti/c1-11(2,3)8-5-9(12)7-10(6-8)13-4;;;/h5-7,12H,1-4H3;1H2;1H;/q;;;+2/p-2. The van der Waals surface area contributed by atoms with Gasteiger partial charge in [0.1, 0.15) is 0 Å². The Balaban J connectivity index is 3.16. The molecule has 0 spiro atoms. The van der Waals surface area contributed by atoms with Gasteiger partial charge in [-0.25, -0.2) is 0 Å². The van der Waals surface area contributed by atoms with Crippen molar-refractivity contribution in [3.8, 4) is 11.5 Å². The van der Waals surface area contributed by atoms with Crippen molar-refractivity contribution in [2.75, 3.05) is 7.11 Å². The van der Waals surface area contributed by atoms with Gasteiger partial charge in [0, 0.05) is 0 Å². The molecule has 0 aromatic heterocycles. The number of hydrogen-bond acceptors (Lipinski definition) is 2. The summed E-state index contributed by atoms with van der Waals surface area (Å²) in [5.41, 5.74) is 1.03. The summed E-state index contributed by atoms with van der Waals surface area (Å²) < 4.78 is 23.1. The average Bonchev–Trinajstić information content (AvgIpc) is 2.14. The zero-order chi connectivity index (χ0) is 12.3. The van der Waals surface area contributed by atoms with Crippen molar-refractivity contribution in [1.29, 1.82) is 0 Å². The van der Waals surface area contributed by atoms with Crippen molar-refractivity contribution in [1.82, 2.24) is 0 Å². The fourth-order valence-corrected chi connectivity index (χ4v) is 1.89. The molecule has 0 saturated heterocycles. The summed E-state index contributed by atoms with van der Waals surface area (Å²) in [5, 5.41) is 0. The van der Waals surface area contributed by atoms with Gasteiger partial charge in [-0.15, -0.1) is 0 Å². The van der Waals surface area contributed by atoms with Gasteiger partial charge in [-0.05, 0) is 0 Å². The van der Waals surface area contributed by atoms with E-state index in [1.165, 1.54) is 0 Å². The second-order valence-corrected chi connectivity index (χ2v) is 6.03. The molecule has 2 nitrogen and oxygen atoms in total. The van der Waals surface area contributed by atoms with Crippen molar-refractivity contribution < 1.29 is 29.5 Å². The van der Waals surface area contributed by atoms with Crippen LogP contribution in [0.3, 0.4) is 0 Å². The van der Waals surface area contributed by atoms with Crippen LogP contribution in [0.15, 0.2) is 18.2 Å². The minimum atomic E-state index is -3.06. The van der Waals surface area contributed by atoms with Crippen molar-refractivity contribution in [2.45, 2.75) is 26.2 Å². The van der Waals surface area contributed by atoms with Crippen molar-refractivity contribution in [2.24, 2.45) is 0 Å². The van der Waals surface area contributed by atoms with E-state index in [-0.39, 0.29) is 5.41 Å². The van der Waals surface area contributed by atoms with Gasteiger partial charge in [0.15, 0.2) is 0 Å². The predicted octanol–water partition coefficient (Wildman–Crippen LogP) is 3.22. The van der Waals surface area contributed by atoms with E-state index < -0.39 is 18.3 Å². The molecule has 0 atom stereocenters. The zero-order valence-corrected chi connectivity index (χ0v) is 11.7. The van der Waals surface area contributed by atoms with E-state index in [4.69, 9.17) is 8.06 Å². The Kier molecular flexibility index (Phi) is 4.28. The van der Waals surface area contributed by atoms with Crippen LogP contribution in [-0.2, 0) is 23.7 Å². The molecule has 1 rings (SSSR count). The maximum atomic E-state index is 12.8. The maximum absolute atomic E-state index is 12.8. The number of hydrogen-bond donors (Lipinski definition) is 0. The Morgan fingerprint density at radius 2 is 1.75 bits per heavy atom. The van der Waals surface area contributed by atoms with E-state index in [9.17, 15) is 3.09 Å². The fourth-order valence-electron chi connectivity index (χ4n) is 1.31. The van der Waals surface area contributed by atoms with Crippen molar-refractivity contribution in [3.05, 3.63) is 23.8 Å². The van der Waals surface area contributed by atoms with E-state index in [0.29, 0.717) is 11.5 Å². The summed E-state index contributed by atoms with van der Waals surface area (Å²) in [4.78, 5) is 3.32. The fraction of sp³-hybridized carbons (Fsp3) is 0.417. The SMILES string of the molecule is [CH2]=[Ti]([F])[O]c1cc(OC)cc(C(C)(C)C)c1. The van der Waals surface area contributed by atoms with E-state index in [2.05, 4.69) is 25.6 Å². The van der Waals surface area contributed by atoms with Gasteiger partial charge >= 0.3 is 103 Å². The summed E-state index contributed by atoms with van der Waals surface area (Å²) in [6.45, 7) is 6.26. The summed E-state index contributed by atoms with van der Waals surface area (Å²) >= 11 is -3.06. The molecule has 0 N–H and O–H groups in total. The molecule has 88 valence electrons. The summed E-state index contributed by atoms with van der Waals surface area (Å²) in [6.07, 6.45) is 0. The Morgan fingerprint density at radius 1 is 1.19 bits per heavy atom. The van der Waals surface area contributed by atoms with E-state index in [1.807, 2.05) is 12.1 Å². The molecule has 0 aliphatic carbocycles. The molecule has 1 aromatic carbocycles. The van der Waals surface area contributed by atoms with Crippen LogP contribution < -0.4 is 8.06 Å². The molecule has 16 heavy (non-hydrogen) atoms. The predicted molar refractivity (Wildman–Crippen MR) is 60.6 cm³/mol. The number of benzene rings is 1. The van der Waals surface area contributed by atoms with Crippen LogP contribution in [-0.4, -0.2) is 11.9 Å². The van der Waals surface area contributed by atoms with Crippen LogP contribution in [0.25, 0.3) is 0 Å². The van der Waals surface area contributed by atoms with Gasteiger partial charge in [-0.3, -0.25) is 0 Å². The molecule has 4 heteroatoms. The average molecular weight is 260 g/mol. The van der Waals surface area contributed by atoms with Gasteiger partial charge < -0.3 is 0 Å². The van der Waals surface area contributed by atoms with E-state index in [1.54, 1.807) is 13.2 Å². The third-order valence-electron chi connectivity index (χ3n) is 2.21. The molecule has 0 heterocycles. The van der Waals surface area contributed by atoms with Crippen LogP contribution in [0, 0.1) is 0 Å². The number of rotatable bonds is 3. The summed E-state index contributed by atoms with van der Waals surface area (Å²) in [5.74, 6) is 1.19. The molecule has 1 aromatic rings. The quantitative estimate of drug-likeness (QED) is 0.777. The molecular formula is C12H17FO2Ti. The molecule has 0 amide bonds. The number of halogens is 1. The van der Waals surface area contributed by atoms with Crippen LogP contribution in [0.5, 0.6) is 11.5 Å². The molecule has 0 aliphatic heterocycles. The molecule has 0 saturated carbocycles. The second-order valence-electron chi connectivity index (χ2n) is 4.60. The minimum absolute atomic E-state index is 0.0235. The van der Waals surface area contributed by atoms with Crippen LogP contribution in [0.4, 0.5) is 3.09 Å². The van der Waals surface area contributed by atoms with Crippen LogP contribution in [0.2, 0.25) is 0 Å². The van der Waals surface area contributed by atoms with Gasteiger partial charge in [-0.1, -0.05) is 0 Å². The van der Waals surface area contributed by atoms with Gasteiger partial charge in [0.2, 0.25) is 0 Å². The first-order valence-electron chi connectivity index (χ1n) is 5.05. The van der Waals surface area contributed by atoms with Gasteiger partial charge in [0.05, 0.1) is 0 Å². The molecule has 0 radical (unpaired) electrons. The Morgan fingerprint density at radius 3 is 2.19 bits per heavy atom. The normalized spacial score (nSPS) is 11.1. The molecule has 0 unspecified atom stereocenters.